The summed E-state index contributed by atoms with van der Waals surface area (Å²) in [4.78, 5) is 8.03. The van der Waals surface area contributed by atoms with Crippen LogP contribution in [0.2, 0.25) is 0 Å². The molecule has 0 amide bonds. The first kappa shape index (κ1) is 14.8. The van der Waals surface area contributed by atoms with Crippen molar-refractivity contribution in [1.82, 2.24) is 14.5 Å². The number of nitrogens with one attached hydrogen (secondary N) is 1. The van der Waals surface area contributed by atoms with E-state index in [1.165, 1.54) is 32.1 Å². The molecule has 0 aliphatic heterocycles. The quantitative estimate of drug-likeness (QED) is 0.806. The molecule has 114 valence electrons. The first-order valence-corrected chi connectivity index (χ1v) is 8.46. The van der Waals surface area contributed by atoms with Crippen LogP contribution >= 0.6 is 12.2 Å². The first-order valence-electron chi connectivity index (χ1n) is 8.05. The van der Waals surface area contributed by atoms with Crippen LogP contribution in [0.4, 0.5) is 0 Å². The summed E-state index contributed by atoms with van der Waals surface area (Å²) in [5, 5.41) is 0. The molecular weight excluding hydrogens is 278 g/mol. The average molecular weight is 303 g/mol. The van der Waals surface area contributed by atoms with Crippen molar-refractivity contribution < 1.29 is 0 Å². The highest BCUT2D eigenvalue weighted by molar-refractivity contribution is 7.71. The molecule has 2 aromatic heterocycles. The lowest BCUT2D eigenvalue weighted by molar-refractivity contribution is 0.198. The summed E-state index contributed by atoms with van der Waals surface area (Å²) >= 11 is 5.56. The van der Waals surface area contributed by atoms with Crippen LogP contribution in [0.25, 0.3) is 11.2 Å². The van der Waals surface area contributed by atoms with Gasteiger partial charge in [-0.05, 0) is 61.9 Å². The summed E-state index contributed by atoms with van der Waals surface area (Å²) in [7, 11) is 0. The maximum atomic E-state index is 5.56. The number of imidazole rings is 1. The highest BCUT2D eigenvalue weighted by Gasteiger charge is 2.35. The Morgan fingerprint density at radius 1 is 1.33 bits per heavy atom. The molecule has 0 spiro atoms. The minimum atomic E-state index is 0.410. The smallest absolute Gasteiger partial charge is 0.179 e. The Labute approximate surface area is 131 Å². The Morgan fingerprint density at radius 2 is 2.05 bits per heavy atom. The summed E-state index contributed by atoms with van der Waals surface area (Å²) in [5.41, 5.74) is 3.54. The standard InChI is InChI=1S/C17H25N3S/c1-12(2)10-17(8-4-5-9-17)11-20-15-14(19-16(20)21)7-6-13(3)18-15/h6-7,12H,4-5,8-11H2,1-3H3,(H,19,21). The van der Waals surface area contributed by atoms with Gasteiger partial charge in [0.15, 0.2) is 10.4 Å². The van der Waals surface area contributed by atoms with Crippen molar-refractivity contribution in [3.05, 3.63) is 22.6 Å². The molecule has 3 rings (SSSR count). The highest BCUT2D eigenvalue weighted by atomic mass is 32.1. The maximum Gasteiger partial charge on any atom is 0.179 e. The van der Waals surface area contributed by atoms with E-state index < -0.39 is 0 Å². The molecule has 0 saturated heterocycles. The first-order chi connectivity index (χ1) is 9.99. The van der Waals surface area contributed by atoms with Gasteiger partial charge in [-0.2, -0.15) is 0 Å². The predicted octanol–water partition coefficient (Wildman–Crippen LogP) is 5.01. The van der Waals surface area contributed by atoms with E-state index in [2.05, 4.69) is 29.5 Å². The molecule has 1 aliphatic carbocycles. The van der Waals surface area contributed by atoms with Crippen LogP contribution in [0.5, 0.6) is 0 Å². The monoisotopic (exact) mass is 303 g/mol. The zero-order chi connectivity index (χ0) is 15.0. The molecule has 1 N–H and O–H groups in total. The van der Waals surface area contributed by atoms with Crippen molar-refractivity contribution in [2.45, 2.75) is 59.4 Å². The lowest BCUT2D eigenvalue weighted by atomic mass is 9.78. The minimum absolute atomic E-state index is 0.410. The molecule has 4 heteroatoms. The lowest BCUT2D eigenvalue weighted by Crippen LogP contribution is -2.26. The Morgan fingerprint density at radius 3 is 2.71 bits per heavy atom. The summed E-state index contributed by atoms with van der Waals surface area (Å²) in [6.07, 6.45) is 6.65. The topological polar surface area (TPSA) is 33.6 Å². The van der Waals surface area contributed by atoms with Crippen LogP contribution in [0.15, 0.2) is 12.1 Å². The fraction of sp³-hybridized carbons (Fsp3) is 0.647. The van der Waals surface area contributed by atoms with E-state index in [0.29, 0.717) is 5.41 Å². The number of aromatic nitrogens is 3. The Kier molecular flexibility index (Phi) is 3.91. The molecule has 1 aliphatic rings. The molecule has 0 aromatic carbocycles. The number of H-pyrrole nitrogens is 1. The number of nitrogens with zero attached hydrogens (tertiary/aromatic N) is 2. The third-order valence-corrected chi connectivity index (χ3v) is 5.08. The number of fused-ring (bicyclic) bond motifs is 1. The van der Waals surface area contributed by atoms with Gasteiger partial charge in [0.2, 0.25) is 0 Å². The van der Waals surface area contributed by atoms with E-state index >= 15 is 0 Å². The third kappa shape index (κ3) is 2.91. The minimum Gasteiger partial charge on any atom is -0.329 e. The second-order valence-corrected chi connectivity index (χ2v) is 7.53. The lowest BCUT2D eigenvalue weighted by Gasteiger charge is -2.31. The molecule has 1 saturated carbocycles. The number of aromatic amines is 1. The van der Waals surface area contributed by atoms with Crippen LogP contribution in [0.3, 0.4) is 0 Å². The van der Waals surface area contributed by atoms with E-state index in [0.717, 1.165) is 34.1 Å². The molecule has 0 unspecified atom stereocenters. The zero-order valence-corrected chi connectivity index (χ0v) is 14.1. The van der Waals surface area contributed by atoms with Crippen LogP contribution in [-0.4, -0.2) is 14.5 Å². The maximum absolute atomic E-state index is 5.56. The van der Waals surface area contributed by atoms with Gasteiger partial charge in [0.1, 0.15) is 0 Å². The van der Waals surface area contributed by atoms with Crippen molar-refractivity contribution >= 4 is 23.4 Å². The van der Waals surface area contributed by atoms with Crippen LogP contribution in [0.1, 0.15) is 51.6 Å². The molecule has 1 fully saturated rings. The van der Waals surface area contributed by atoms with Crippen molar-refractivity contribution in [3.63, 3.8) is 0 Å². The van der Waals surface area contributed by atoms with Crippen LogP contribution < -0.4 is 0 Å². The molecule has 2 aromatic rings. The SMILES string of the molecule is Cc1ccc2[nH]c(=S)n(CC3(CC(C)C)CCCC3)c2n1. The van der Waals surface area contributed by atoms with Crippen LogP contribution in [-0.2, 0) is 6.54 Å². The molecular formula is C17H25N3S. The Hall–Kier alpha value is -1.16. The van der Waals surface area contributed by atoms with E-state index in [1.54, 1.807) is 0 Å². The van der Waals surface area contributed by atoms with E-state index in [1.807, 2.05) is 13.0 Å². The fourth-order valence-corrected chi connectivity index (χ4v) is 4.29. The van der Waals surface area contributed by atoms with Crippen LogP contribution in [0, 0.1) is 23.0 Å². The van der Waals surface area contributed by atoms with Gasteiger partial charge < -0.3 is 9.55 Å². The molecule has 2 heterocycles. The van der Waals surface area contributed by atoms with Gasteiger partial charge in [0, 0.05) is 12.2 Å². The summed E-state index contributed by atoms with van der Waals surface area (Å²) in [5.74, 6) is 0.733. The Bertz CT molecular complexity index is 690. The second kappa shape index (κ2) is 5.56. The van der Waals surface area contributed by atoms with Gasteiger partial charge in [0.25, 0.3) is 0 Å². The van der Waals surface area contributed by atoms with Crippen molar-refractivity contribution in [3.8, 4) is 0 Å². The molecule has 0 radical (unpaired) electrons. The van der Waals surface area contributed by atoms with E-state index in [9.17, 15) is 0 Å². The summed E-state index contributed by atoms with van der Waals surface area (Å²) in [6, 6.07) is 4.13. The summed E-state index contributed by atoms with van der Waals surface area (Å²) < 4.78 is 3.06. The molecule has 0 bridgehead atoms. The van der Waals surface area contributed by atoms with Gasteiger partial charge >= 0.3 is 0 Å². The third-order valence-electron chi connectivity index (χ3n) is 4.76. The van der Waals surface area contributed by atoms with Gasteiger partial charge in [-0.3, -0.25) is 0 Å². The van der Waals surface area contributed by atoms with Gasteiger partial charge in [-0.15, -0.1) is 0 Å². The average Bonchev–Trinajstić information content (AvgIpc) is 2.96. The highest BCUT2D eigenvalue weighted by Crippen LogP contribution is 2.44. The largest absolute Gasteiger partial charge is 0.329 e. The molecule has 0 atom stereocenters. The number of aryl methyl sites for hydroxylation is 1. The molecule has 3 nitrogen and oxygen atoms in total. The predicted molar refractivity (Wildman–Crippen MR) is 90.0 cm³/mol. The zero-order valence-electron chi connectivity index (χ0n) is 13.3. The van der Waals surface area contributed by atoms with E-state index in [-0.39, 0.29) is 0 Å². The van der Waals surface area contributed by atoms with E-state index in [4.69, 9.17) is 17.2 Å². The van der Waals surface area contributed by atoms with Gasteiger partial charge in [0.05, 0.1) is 5.52 Å². The Balaban J connectivity index is 2.01. The summed E-state index contributed by atoms with van der Waals surface area (Å²) in [6.45, 7) is 7.72. The van der Waals surface area contributed by atoms with Crippen molar-refractivity contribution in [1.29, 1.82) is 0 Å². The van der Waals surface area contributed by atoms with Crippen molar-refractivity contribution in [2.75, 3.05) is 0 Å². The number of rotatable bonds is 4. The fourth-order valence-electron chi connectivity index (χ4n) is 4.03. The normalized spacial score (nSPS) is 17.9. The molecule has 21 heavy (non-hydrogen) atoms. The number of pyridine rings is 1. The number of hydrogen-bond donors (Lipinski definition) is 1. The van der Waals surface area contributed by atoms with Gasteiger partial charge in [-0.1, -0.05) is 26.7 Å². The van der Waals surface area contributed by atoms with Crippen molar-refractivity contribution in [2.24, 2.45) is 11.3 Å². The van der Waals surface area contributed by atoms with Gasteiger partial charge in [-0.25, -0.2) is 4.98 Å². The number of hydrogen-bond acceptors (Lipinski definition) is 2. The second-order valence-electron chi connectivity index (χ2n) is 7.15.